The fourth-order valence-corrected chi connectivity index (χ4v) is 2.95. The van der Waals surface area contributed by atoms with Crippen molar-refractivity contribution in [1.82, 2.24) is 15.6 Å². The van der Waals surface area contributed by atoms with Crippen molar-refractivity contribution in [3.8, 4) is 0 Å². The monoisotopic (exact) mass is 249 g/mol. The molecular formula is C13H16FN3O. The summed E-state index contributed by atoms with van der Waals surface area (Å²) >= 11 is 0. The summed E-state index contributed by atoms with van der Waals surface area (Å²) in [6.07, 6.45) is 3.91. The van der Waals surface area contributed by atoms with E-state index in [2.05, 4.69) is 15.6 Å². The van der Waals surface area contributed by atoms with Crippen molar-refractivity contribution in [3.63, 3.8) is 0 Å². The van der Waals surface area contributed by atoms with Crippen LogP contribution in [0.25, 0.3) is 0 Å². The van der Waals surface area contributed by atoms with E-state index < -0.39 is 6.17 Å². The van der Waals surface area contributed by atoms with Gasteiger partial charge in [0.1, 0.15) is 6.17 Å². The lowest BCUT2D eigenvalue weighted by Crippen LogP contribution is -2.50. The van der Waals surface area contributed by atoms with Gasteiger partial charge in [0.05, 0.1) is 6.04 Å². The van der Waals surface area contributed by atoms with Crippen LogP contribution in [0.4, 0.5) is 4.39 Å². The second-order valence-corrected chi connectivity index (χ2v) is 5.07. The predicted octanol–water partition coefficient (Wildman–Crippen LogP) is 0.786. The Morgan fingerprint density at radius 2 is 2.44 bits per heavy atom. The standard InChI is InChI=1S/C13H16FN3O/c14-11-5-9-4-10(11)12(17-9)13(18)16-7-8-2-1-3-15-6-8/h1-3,6,9-12,17H,4-5,7H2,(H,16,18)/t9-,10-,11-,12-/m0/s1. The smallest absolute Gasteiger partial charge is 0.237 e. The molecule has 1 aliphatic carbocycles. The molecule has 2 N–H and O–H groups in total. The van der Waals surface area contributed by atoms with E-state index in [1.807, 2.05) is 12.1 Å². The third-order valence-electron chi connectivity index (χ3n) is 3.85. The number of pyridine rings is 1. The third-order valence-corrected chi connectivity index (χ3v) is 3.85. The highest BCUT2D eigenvalue weighted by molar-refractivity contribution is 5.82. The highest BCUT2D eigenvalue weighted by atomic mass is 19.1. The van der Waals surface area contributed by atoms with E-state index in [1.165, 1.54) is 0 Å². The van der Waals surface area contributed by atoms with Crippen molar-refractivity contribution in [3.05, 3.63) is 30.1 Å². The average Bonchev–Trinajstić information content (AvgIpc) is 2.96. The maximum Gasteiger partial charge on any atom is 0.237 e. The Kier molecular flexibility index (Phi) is 2.99. The van der Waals surface area contributed by atoms with Crippen LogP contribution in [0.15, 0.2) is 24.5 Å². The first-order chi connectivity index (χ1) is 8.74. The van der Waals surface area contributed by atoms with Crippen LogP contribution in [0.3, 0.4) is 0 Å². The van der Waals surface area contributed by atoms with Gasteiger partial charge in [0, 0.05) is 30.9 Å². The van der Waals surface area contributed by atoms with Gasteiger partial charge in [0.15, 0.2) is 0 Å². The van der Waals surface area contributed by atoms with E-state index >= 15 is 0 Å². The number of nitrogens with one attached hydrogen (secondary N) is 2. The van der Waals surface area contributed by atoms with Crippen LogP contribution in [-0.4, -0.2) is 29.1 Å². The first-order valence-corrected chi connectivity index (χ1v) is 6.31. The van der Waals surface area contributed by atoms with Gasteiger partial charge in [-0.1, -0.05) is 6.07 Å². The Morgan fingerprint density at radius 1 is 1.56 bits per heavy atom. The molecule has 96 valence electrons. The number of alkyl halides is 1. The molecule has 1 aromatic rings. The van der Waals surface area contributed by atoms with Gasteiger partial charge in [-0.05, 0) is 24.5 Å². The number of halogens is 1. The first-order valence-electron chi connectivity index (χ1n) is 6.31. The molecule has 18 heavy (non-hydrogen) atoms. The zero-order chi connectivity index (χ0) is 12.5. The van der Waals surface area contributed by atoms with Crippen LogP contribution in [0.1, 0.15) is 18.4 Å². The van der Waals surface area contributed by atoms with Gasteiger partial charge in [-0.25, -0.2) is 4.39 Å². The van der Waals surface area contributed by atoms with Crippen molar-refractivity contribution in [1.29, 1.82) is 0 Å². The molecule has 0 radical (unpaired) electrons. The highest BCUT2D eigenvalue weighted by Gasteiger charge is 2.49. The van der Waals surface area contributed by atoms with Crippen LogP contribution in [0.5, 0.6) is 0 Å². The molecule has 1 saturated heterocycles. The lowest BCUT2D eigenvalue weighted by molar-refractivity contribution is -0.124. The highest BCUT2D eigenvalue weighted by Crippen LogP contribution is 2.37. The Bertz CT molecular complexity index is 439. The minimum absolute atomic E-state index is 0.103. The fraction of sp³-hybridized carbons (Fsp3) is 0.538. The molecule has 0 unspecified atom stereocenters. The lowest BCUT2D eigenvalue weighted by Gasteiger charge is -2.25. The molecule has 1 amide bonds. The molecule has 2 fully saturated rings. The molecule has 1 aliphatic heterocycles. The number of hydrogen-bond donors (Lipinski definition) is 2. The average molecular weight is 249 g/mol. The van der Waals surface area contributed by atoms with E-state index in [-0.39, 0.29) is 23.9 Å². The van der Waals surface area contributed by atoms with E-state index in [4.69, 9.17) is 0 Å². The summed E-state index contributed by atoms with van der Waals surface area (Å²) in [7, 11) is 0. The van der Waals surface area contributed by atoms with E-state index in [0.717, 1.165) is 12.0 Å². The Hall–Kier alpha value is -1.49. The summed E-state index contributed by atoms with van der Waals surface area (Å²) < 4.78 is 13.6. The summed E-state index contributed by atoms with van der Waals surface area (Å²) in [5.74, 6) is -0.252. The molecule has 1 aromatic heterocycles. The molecule has 3 rings (SSSR count). The van der Waals surface area contributed by atoms with Gasteiger partial charge >= 0.3 is 0 Å². The Balaban J connectivity index is 1.56. The molecular weight excluding hydrogens is 233 g/mol. The largest absolute Gasteiger partial charge is 0.351 e. The minimum atomic E-state index is -0.828. The number of carbonyl (C=O) groups is 1. The van der Waals surface area contributed by atoms with E-state index in [9.17, 15) is 9.18 Å². The first kappa shape index (κ1) is 11.6. The maximum absolute atomic E-state index is 13.6. The normalized spacial score (nSPS) is 33.6. The topological polar surface area (TPSA) is 54.0 Å². The number of rotatable bonds is 3. The van der Waals surface area contributed by atoms with Crippen LogP contribution >= 0.6 is 0 Å². The van der Waals surface area contributed by atoms with Crippen molar-refractivity contribution in [2.45, 2.75) is 37.6 Å². The van der Waals surface area contributed by atoms with Crippen LogP contribution < -0.4 is 10.6 Å². The van der Waals surface area contributed by atoms with E-state index in [0.29, 0.717) is 13.0 Å². The molecule has 2 heterocycles. The number of aromatic nitrogens is 1. The molecule has 0 aromatic carbocycles. The van der Waals surface area contributed by atoms with Gasteiger partial charge in [-0.15, -0.1) is 0 Å². The Morgan fingerprint density at radius 3 is 3.11 bits per heavy atom. The number of amides is 1. The van der Waals surface area contributed by atoms with Gasteiger partial charge in [0.25, 0.3) is 0 Å². The maximum atomic E-state index is 13.6. The number of nitrogens with zero attached hydrogens (tertiary/aromatic N) is 1. The zero-order valence-electron chi connectivity index (χ0n) is 9.97. The number of carbonyl (C=O) groups excluding carboxylic acids is 1. The number of piperidine rings is 1. The summed E-state index contributed by atoms with van der Waals surface area (Å²) in [5, 5.41) is 6.03. The second kappa shape index (κ2) is 4.65. The zero-order valence-corrected chi connectivity index (χ0v) is 9.97. The SMILES string of the molecule is O=C(NCc1cccnc1)[C@H]1N[C@H]2C[C@H]1[C@@H](F)C2. The molecule has 5 heteroatoms. The van der Waals surface area contributed by atoms with Crippen molar-refractivity contribution in [2.75, 3.05) is 0 Å². The summed E-state index contributed by atoms with van der Waals surface area (Å²) in [4.78, 5) is 16.0. The van der Waals surface area contributed by atoms with Gasteiger partial charge in [-0.2, -0.15) is 0 Å². The van der Waals surface area contributed by atoms with Crippen LogP contribution in [0, 0.1) is 5.92 Å². The summed E-state index contributed by atoms with van der Waals surface area (Å²) in [6, 6.07) is 3.54. The fourth-order valence-electron chi connectivity index (χ4n) is 2.95. The van der Waals surface area contributed by atoms with Gasteiger partial charge in [0.2, 0.25) is 5.91 Å². The predicted molar refractivity (Wildman–Crippen MR) is 64.4 cm³/mol. The van der Waals surface area contributed by atoms with Gasteiger partial charge in [-0.3, -0.25) is 9.78 Å². The van der Waals surface area contributed by atoms with Crippen molar-refractivity contribution < 1.29 is 9.18 Å². The van der Waals surface area contributed by atoms with Crippen LogP contribution in [0.2, 0.25) is 0 Å². The minimum Gasteiger partial charge on any atom is -0.351 e. The van der Waals surface area contributed by atoms with Gasteiger partial charge < -0.3 is 10.6 Å². The quantitative estimate of drug-likeness (QED) is 0.832. The molecule has 4 nitrogen and oxygen atoms in total. The summed E-state index contributed by atoms with van der Waals surface area (Å²) in [6.45, 7) is 0.444. The van der Waals surface area contributed by atoms with Crippen LogP contribution in [-0.2, 0) is 11.3 Å². The lowest BCUT2D eigenvalue weighted by atomic mass is 9.97. The number of fused-ring (bicyclic) bond motifs is 2. The molecule has 1 saturated carbocycles. The van der Waals surface area contributed by atoms with E-state index in [1.54, 1.807) is 12.4 Å². The Labute approximate surface area is 105 Å². The summed E-state index contributed by atoms with van der Waals surface area (Å²) in [5.41, 5.74) is 0.950. The molecule has 2 aliphatic rings. The third kappa shape index (κ3) is 2.10. The molecule has 0 spiro atoms. The number of hydrogen-bond acceptors (Lipinski definition) is 3. The van der Waals surface area contributed by atoms with Crippen molar-refractivity contribution in [2.24, 2.45) is 5.92 Å². The van der Waals surface area contributed by atoms with Crippen molar-refractivity contribution >= 4 is 5.91 Å². The second-order valence-electron chi connectivity index (χ2n) is 5.07. The molecule has 2 bridgehead atoms. The molecule has 4 atom stereocenters.